The van der Waals surface area contributed by atoms with Crippen molar-refractivity contribution in [2.45, 2.75) is 40.0 Å². The first kappa shape index (κ1) is 13.7. The summed E-state index contributed by atoms with van der Waals surface area (Å²) >= 11 is 0. The second-order valence-electron chi connectivity index (χ2n) is 7.86. The van der Waals surface area contributed by atoms with Gasteiger partial charge in [0.1, 0.15) is 12.9 Å². The molecule has 0 radical (unpaired) electrons. The van der Waals surface area contributed by atoms with Crippen molar-refractivity contribution >= 4 is 0 Å². The highest BCUT2D eigenvalue weighted by molar-refractivity contribution is 5.94. The quantitative estimate of drug-likeness (QED) is 0.507. The Bertz CT molecular complexity index is 1160. The fraction of sp³-hybridized carbons (Fsp3) is 0.292. The van der Waals surface area contributed by atoms with Gasteiger partial charge in [-0.05, 0) is 55.1 Å². The molecule has 0 unspecified atom stereocenters. The van der Waals surface area contributed by atoms with E-state index in [4.69, 9.17) is 4.11 Å². The van der Waals surface area contributed by atoms with Crippen LogP contribution in [0, 0.1) is 26.5 Å². The number of benzene rings is 2. The van der Waals surface area contributed by atoms with Crippen molar-refractivity contribution in [3.63, 3.8) is 0 Å². The minimum atomic E-state index is -2.28. The highest BCUT2D eigenvalue weighted by Crippen LogP contribution is 2.54. The van der Waals surface area contributed by atoms with Crippen LogP contribution in [0.5, 0.6) is 0 Å². The Morgan fingerprint density at radius 1 is 1.00 bits per heavy atom. The van der Waals surface area contributed by atoms with Crippen LogP contribution in [-0.4, -0.2) is 0 Å². The van der Waals surface area contributed by atoms with Crippen LogP contribution in [0.4, 0.5) is 4.39 Å². The van der Waals surface area contributed by atoms with Crippen molar-refractivity contribution in [2.24, 2.45) is 7.05 Å². The van der Waals surface area contributed by atoms with Gasteiger partial charge in [0.25, 0.3) is 0 Å². The molecule has 132 valence electrons. The van der Waals surface area contributed by atoms with Crippen molar-refractivity contribution in [2.75, 3.05) is 0 Å². The molecule has 1 aliphatic carbocycles. The van der Waals surface area contributed by atoms with E-state index in [1.165, 1.54) is 0 Å². The molecular weight excluding hydrogens is 321 g/mol. The normalized spacial score (nSPS) is 16.5. The Morgan fingerprint density at radius 2 is 1.77 bits per heavy atom. The average molecular weight is 349 g/mol. The number of rotatable bonds is 1. The fourth-order valence-corrected chi connectivity index (χ4v) is 4.45. The van der Waals surface area contributed by atoms with Crippen LogP contribution in [0.25, 0.3) is 22.4 Å². The molecule has 1 aliphatic rings. The lowest BCUT2D eigenvalue weighted by Crippen LogP contribution is -2.31. The van der Waals surface area contributed by atoms with Crippen LogP contribution in [-0.2, 0) is 12.5 Å². The van der Waals surface area contributed by atoms with Gasteiger partial charge >= 0.3 is 0 Å². The SMILES string of the molecule is [2H]C([2H])([2H])c1cccc2c1-c1c(-c3ccc(C)c[n+]3C)c(C)cc(F)c1C2(C)C. The zero-order valence-electron chi connectivity index (χ0n) is 18.9. The zero-order chi connectivity index (χ0) is 21.3. The highest BCUT2D eigenvalue weighted by Gasteiger charge is 2.41. The number of aryl methyl sites for hydroxylation is 4. The molecule has 1 heterocycles. The van der Waals surface area contributed by atoms with Gasteiger partial charge in [-0.3, -0.25) is 0 Å². The van der Waals surface area contributed by atoms with E-state index in [-0.39, 0.29) is 11.4 Å². The summed E-state index contributed by atoms with van der Waals surface area (Å²) in [6.07, 6.45) is 2.03. The van der Waals surface area contributed by atoms with Gasteiger partial charge in [-0.25, -0.2) is 8.96 Å². The molecule has 2 heteroatoms. The molecule has 1 aromatic heterocycles. The predicted molar refractivity (Wildman–Crippen MR) is 105 cm³/mol. The van der Waals surface area contributed by atoms with E-state index in [0.717, 1.165) is 27.9 Å². The van der Waals surface area contributed by atoms with Gasteiger partial charge < -0.3 is 0 Å². The van der Waals surface area contributed by atoms with E-state index in [2.05, 4.69) is 0 Å². The smallest absolute Gasteiger partial charge is 0.207 e. The summed E-state index contributed by atoms with van der Waals surface area (Å²) in [6.45, 7) is 5.57. The predicted octanol–water partition coefficient (Wildman–Crippen LogP) is 5.55. The van der Waals surface area contributed by atoms with E-state index in [0.29, 0.717) is 16.7 Å². The van der Waals surface area contributed by atoms with Crippen LogP contribution in [0.3, 0.4) is 0 Å². The fourth-order valence-electron chi connectivity index (χ4n) is 4.45. The number of aromatic nitrogens is 1. The number of hydrogen-bond donors (Lipinski definition) is 0. The number of pyridine rings is 1. The topological polar surface area (TPSA) is 3.88 Å². The molecule has 0 spiro atoms. The van der Waals surface area contributed by atoms with Crippen LogP contribution in [0.1, 0.15) is 45.8 Å². The van der Waals surface area contributed by atoms with Crippen molar-refractivity contribution in [1.29, 1.82) is 0 Å². The Kier molecular flexibility index (Phi) is 2.90. The van der Waals surface area contributed by atoms with Gasteiger partial charge in [0.2, 0.25) is 5.69 Å². The Labute approximate surface area is 159 Å². The molecule has 4 rings (SSSR count). The van der Waals surface area contributed by atoms with Crippen molar-refractivity contribution in [3.8, 4) is 22.4 Å². The lowest BCUT2D eigenvalue weighted by Gasteiger charge is -2.22. The molecule has 0 amide bonds. The molecular formula is C24H25FN+. The zero-order valence-corrected chi connectivity index (χ0v) is 15.9. The standard InChI is InChI=1S/C24H25FN/c1-14-10-11-19(26(6)13-14)21-16(3)12-18(25)23-22(21)20-15(2)8-7-9-17(20)24(23,4)5/h7-13H,1-6H3/q+1/i2D3. The molecule has 2 aromatic carbocycles. The first-order valence-corrected chi connectivity index (χ1v) is 8.89. The van der Waals surface area contributed by atoms with Gasteiger partial charge in [0.15, 0.2) is 6.20 Å². The summed E-state index contributed by atoms with van der Waals surface area (Å²) in [4.78, 5) is 0. The summed E-state index contributed by atoms with van der Waals surface area (Å²) in [7, 11) is 1.97. The third-order valence-corrected chi connectivity index (χ3v) is 5.63. The molecule has 3 aromatic rings. The average Bonchev–Trinajstić information content (AvgIpc) is 2.84. The maximum absolute atomic E-state index is 15.4. The second kappa shape index (κ2) is 5.51. The van der Waals surface area contributed by atoms with Crippen molar-refractivity contribution in [1.82, 2.24) is 0 Å². The number of fused-ring (bicyclic) bond motifs is 3. The van der Waals surface area contributed by atoms with Crippen LogP contribution >= 0.6 is 0 Å². The third kappa shape index (κ3) is 2.18. The molecule has 0 aliphatic heterocycles. The highest BCUT2D eigenvalue weighted by atomic mass is 19.1. The lowest BCUT2D eigenvalue weighted by molar-refractivity contribution is -0.660. The molecule has 0 atom stereocenters. The molecule has 26 heavy (non-hydrogen) atoms. The van der Waals surface area contributed by atoms with Crippen LogP contribution < -0.4 is 4.57 Å². The summed E-state index contributed by atoms with van der Waals surface area (Å²) in [6, 6.07) is 11.0. The molecule has 0 fully saturated rings. The van der Waals surface area contributed by atoms with E-state index in [1.54, 1.807) is 18.2 Å². The number of nitrogens with zero attached hydrogens (tertiary/aromatic N) is 1. The lowest BCUT2D eigenvalue weighted by atomic mass is 9.81. The summed E-state index contributed by atoms with van der Waals surface area (Å²) in [5, 5.41) is 0. The summed E-state index contributed by atoms with van der Waals surface area (Å²) < 4.78 is 41.7. The van der Waals surface area contributed by atoms with Gasteiger partial charge in [-0.15, -0.1) is 0 Å². The van der Waals surface area contributed by atoms with E-state index in [1.807, 2.05) is 63.7 Å². The van der Waals surface area contributed by atoms with Gasteiger partial charge in [0.05, 0.1) is 5.56 Å². The van der Waals surface area contributed by atoms with Crippen molar-refractivity contribution in [3.05, 3.63) is 76.2 Å². The maximum Gasteiger partial charge on any atom is 0.213 e. The Balaban J connectivity index is 2.22. The maximum atomic E-state index is 15.4. The van der Waals surface area contributed by atoms with E-state index < -0.39 is 12.3 Å². The van der Waals surface area contributed by atoms with Gasteiger partial charge in [-0.1, -0.05) is 32.0 Å². The number of hydrogen-bond acceptors (Lipinski definition) is 0. The van der Waals surface area contributed by atoms with E-state index >= 15 is 4.39 Å². The number of halogens is 1. The molecule has 0 saturated carbocycles. The Hall–Kier alpha value is -2.48. The second-order valence-corrected chi connectivity index (χ2v) is 7.86. The third-order valence-electron chi connectivity index (χ3n) is 5.63. The van der Waals surface area contributed by atoms with Crippen LogP contribution in [0.15, 0.2) is 42.6 Å². The minimum Gasteiger partial charge on any atom is -0.207 e. The van der Waals surface area contributed by atoms with Crippen molar-refractivity contribution < 1.29 is 13.1 Å². The largest absolute Gasteiger partial charge is 0.213 e. The molecule has 1 nitrogen and oxygen atoms in total. The molecule has 0 saturated heterocycles. The first-order valence-electron chi connectivity index (χ1n) is 10.4. The monoisotopic (exact) mass is 349 g/mol. The van der Waals surface area contributed by atoms with E-state index in [9.17, 15) is 0 Å². The van der Waals surface area contributed by atoms with Gasteiger partial charge in [0, 0.05) is 32.3 Å². The molecule has 0 N–H and O–H groups in total. The van der Waals surface area contributed by atoms with Gasteiger partial charge in [-0.2, -0.15) is 0 Å². The summed E-state index contributed by atoms with van der Waals surface area (Å²) in [5.74, 6) is -0.284. The summed E-state index contributed by atoms with van der Waals surface area (Å²) in [5.41, 5.74) is 6.22. The first-order chi connectivity index (χ1) is 13.4. The van der Waals surface area contributed by atoms with Crippen LogP contribution in [0.2, 0.25) is 0 Å². The molecule has 0 bridgehead atoms. The Morgan fingerprint density at radius 3 is 2.46 bits per heavy atom. The minimum absolute atomic E-state index is 0.280.